The molecule has 0 fully saturated rings. The lowest BCUT2D eigenvalue weighted by molar-refractivity contribution is -0.116. The smallest absolute Gasteiger partial charge is 0.348 e. The summed E-state index contributed by atoms with van der Waals surface area (Å²) in [6.45, 7) is 8.93. The lowest BCUT2D eigenvalue weighted by Gasteiger charge is -2.18. The molecule has 3 aromatic rings. The van der Waals surface area contributed by atoms with Crippen LogP contribution in [-0.4, -0.2) is 23.5 Å². The number of rotatable bonds is 6. The van der Waals surface area contributed by atoms with Crippen molar-refractivity contribution in [1.29, 1.82) is 5.26 Å². The molecule has 0 N–H and O–H groups in total. The van der Waals surface area contributed by atoms with Crippen molar-refractivity contribution in [2.45, 2.75) is 41.2 Å². The van der Waals surface area contributed by atoms with Gasteiger partial charge in [-0.15, -0.1) is 11.3 Å². The molecule has 0 unspecified atom stereocenters. The number of aromatic nitrogens is 1. The van der Waals surface area contributed by atoms with E-state index in [1.54, 1.807) is 20.8 Å². The van der Waals surface area contributed by atoms with E-state index >= 15 is 0 Å². The van der Waals surface area contributed by atoms with Gasteiger partial charge < -0.3 is 9.15 Å². The molecule has 0 saturated heterocycles. The number of carbonyl (C=O) groups excluding carboxylic acids is 2. The van der Waals surface area contributed by atoms with Gasteiger partial charge in [0, 0.05) is 12.5 Å². The van der Waals surface area contributed by atoms with Gasteiger partial charge in [0.15, 0.2) is 0 Å². The molecule has 7 nitrogen and oxygen atoms in total. The van der Waals surface area contributed by atoms with Crippen molar-refractivity contribution in [1.82, 2.24) is 4.98 Å². The monoisotopic (exact) mass is 437 g/mol. The molecule has 0 atom stereocenters. The topological polar surface area (TPSA) is 96.4 Å². The number of esters is 1. The number of oxazole rings is 1. The van der Waals surface area contributed by atoms with Crippen molar-refractivity contribution in [2.24, 2.45) is 0 Å². The zero-order valence-electron chi connectivity index (χ0n) is 18.1. The number of anilines is 1. The van der Waals surface area contributed by atoms with Crippen molar-refractivity contribution in [3.05, 3.63) is 57.3 Å². The molecule has 3 rings (SSSR count). The predicted molar refractivity (Wildman–Crippen MR) is 118 cm³/mol. The Morgan fingerprint density at radius 1 is 1.29 bits per heavy atom. The van der Waals surface area contributed by atoms with Gasteiger partial charge in [-0.3, -0.25) is 9.69 Å². The summed E-state index contributed by atoms with van der Waals surface area (Å²) in [5, 5.41) is 10.1. The predicted octanol–water partition coefficient (Wildman–Crippen LogP) is 4.93. The molecule has 0 aliphatic heterocycles. The Bertz CT molecular complexity index is 1190. The van der Waals surface area contributed by atoms with Gasteiger partial charge in [0.1, 0.15) is 27.4 Å². The molecule has 1 amide bonds. The highest BCUT2D eigenvalue weighted by atomic mass is 32.1. The van der Waals surface area contributed by atoms with E-state index in [4.69, 9.17) is 9.15 Å². The highest BCUT2D eigenvalue weighted by Crippen LogP contribution is 2.37. The van der Waals surface area contributed by atoms with E-state index in [9.17, 15) is 14.9 Å². The van der Waals surface area contributed by atoms with E-state index in [0.29, 0.717) is 32.8 Å². The average Bonchev–Trinajstić information content (AvgIpc) is 3.25. The third-order valence-corrected chi connectivity index (χ3v) is 6.09. The molecule has 0 aliphatic carbocycles. The second-order valence-corrected chi connectivity index (χ2v) is 8.06. The van der Waals surface area contributed by atoms with Gasteiger partial charge in [0.25, 0.3) is 0 Å². The van der Waals surface area contributed by atoms with Crippen LogP contribution in [0.4, 0.5) is 5.00 Å². The average molecular weight is 438 g/mol. The van der Waals surface area contributed by atoms with E-state index in [2.05, 4.69) is 11.1 Å². The second kappa shape index (κ2) is 9.14. The maximum atomic E-state index is 12.5. The van der Waals surface area contributed by atoms with Crippen LogP contribution in [0.25, 0.3) is 11.5 Å². The van der Waals surface area contributed by atoms with Crippen LogP contribution < -0.4 is 4.90 Å². The number of nitrogens with zero attached hydrogens (tertiary/aromatic N) is 3. The zero-order chi connectivity index (χ0) is 22.7. The van der Waals surface area contributed by atoms with Gasteiger partial charge in [0.2, 0.25) is 11.8 Å². The normalized spacial score (nSPS) is 10.6. The standard InChI is InChI=1S/C23H23N3O4S/c1-6-29-23(28)20-14(3)18(11-24)22(31-20)26(16(5)27)12-19-15(4)30-21(25-19)17-9-7-8-13(2)10-17/h7-10H,6,12H2,1-5H3. The largest absolute Gasteiger partial charge is 0.462 e. The maximum absolute atomic E-state index is 12.5. The number of nitriles is 1. The first-order chi connectivity index (χ1) is 14.8. The SMILES string of the molecule is CCOC(=O)c1sc(N(Cc2nc(-c3cccc(C)c3)oc2C)C(C)=O)c(C#N)c1C. The fraction of sp³-hybridized carbons (Fsp3) is 0.304. The van der Waals surface area contributed by atoms with E-state index in [0.717, 1.165) is 22.5 Å². The van der Waals surface area contributed by atoms with Gasteiger partial charge in [-0.1, -0.05) is 17.7 Å². The summed E-state index contributed by atoms with van der Waals surface area (Å²) in [6.07, 6.45) is 0. The molecule has 0 radical (unpaired) electrons. The summed E-state index contributed by atoms with van der Waals surface area (Å²) in [7, 11) is 0. The van der Waals surface area contributed by atoms with Crippen LogP contribution in [0.3, 0.4) is 0 Å². The van der Waals surface area contributed by atoms with Gasteiger partial charge in [-0.25, -0.2) is 9.78 Å². The maximum Gasteiger partial charge on any atom is 0.348 e. The van der Waals surface area contributed by atoms with E-state index in [1.165, 1.54) is 11.8 Å². The highest BCUT2D eigenvalue weighted by Gasteiger charge is 2.27. The van der Waals surface area contributed by atoms with Crippen LogP contribution in [0.5, 0.6) is 0 Å². The second-order valence-electron chi connectivity index (χ2n) is 7.07. The van der Waals surface area contributed by atoms with Gasteiger partial charge >= 0.3 is 5.97 Å². The molecule has 0 aliphatic rings. The molecule has 2 heterocycles. The first kappa shape index (κ1) is 22.2. The summed E-state index contributed by atoms with van der Waals surface area (Å²) in [5.74, 6) is 0.276. The number of benzene rings is 1. The summed E-state index contributed by atoms with van der Waals surface area (Å²) in [4.78, 5) is 31.2. The van der Waals surface area contributed by atoms with E-state index in [-0.39, 0.29) is 24.6 Å². The molecular formula is C23H23N3O4S. The molecule has 31 heavy (non-hydrogen) atoms. The van der Waals surface area contributed by atoms with Crippen LogP contribution in [-0.2, 0) is 16.1 Å². The van der Waals surface area contributed by atoms with Crippen LogP contribution in [0.15, 0.2) is 28.7 Å². The lowest BCUT2D eigenvalue weighted by Crippen LogP contribution is -2.28. The number of carbonyl (C=O) groups is 2. The molecular weight excluding hydrogens is 414 g/mol. The van der Waals surface area contributed by atoms with Crippen LogP contribution in [0.1, 0.15) is 51.7 Å². The fourth-order valence-corrected chi connectivity index (χ4v) is 4.36. The molecule has 0 bridgehead atoms. The van der Waals surface area contributed by atoms with Crippen molar-refractivity contribution in [3.8, 4) is 17.5 Å². The zero-order valence-corrected chi connectivity index (χ0v) is 18.9. The highest BCUT2D eigenvalue weighted by molar-refractivity contribution is 7.18. The quantitative estimate of drug-likeness (QED) is 0.507. The minimum Gasteiger partial charge on any atom is -0.462 e. The summed E-state index contributed by atoms with van der Waals surface area (Å²) >= 11 is 1.08. The number of aryl methyl sites for hydroxylation is 2. The Balaban J connectivity index is 2.00. The molecule has 0 spiro atoms. The van der Waals surface area contributed by atoms with Crippen molar-refractivity contribution in [2.75, 3.05) is 11.5 Å². The summed E-state index contributed by atoms with van der Waals surface area (Å²) < 4.78 is 10.9. The first-order valence-corrected chi connectivity index (χ1v) is 10.6. The van der Waals surface area contributed by atoms with Crippen molar-refractivity contribution >= 4 is 28.2 Å². The van der Waals surface area contributed by atoms with Gasteiger partial charge in [-0.2, -0.15) is 5.26 Å². The Morgan fingerprint density at radius 3 is 2.65 bits per heavy atom. The molecule has 160 valence electrons. The van der Waals surface area contributed by atoms with E-state index < -0.39 is 5.97 Å². The number of hydrogen-bond donors (Lipinski definition) is 0. The third-order valence-electron chi connectivity index (χ3n) is 4.79. The van der Waals surface area contributed by atoms with Crippen molar-refractivity contribution < 1.29 is 18.7 Å². The first-order valence-electron chi connectivity index (χ1n) is 9.78. The summed E-state index contributed by atoms with van der Waals surface area (Å²) in [5.41, 5.74) is 3.30. The summed E-state index contributed by atoms with van der Waals surface area (Å²) in [6, 6.07) is 9.92. The van der Waals surface area contributed by atoms with Gasteiger partial charge in [0.05, 0.1) is 18.7 Å². The third kappa shape index (κ3) is 4.52. The fourth-order valence-electron chi connectivity index (χ4n) is 3.16. The van der Waals surface area contributed by atoms with Gasteiger partial charge in [-0.05, 0) is 45.4 Å². The Morgan fingerprint density at radius 2 is 2.03 bits per heavy atom. The van der Waals surface area contributed by atoms with E-state index in [1.807, 2.05) is 31.2 Å². The number of hydrogen-bond acceptors (Lipinski definition) is 7. The van der Waals surface area contributed by atoms with Crippen LogP contribution in [0, 0.1) is 32.1 Å². The number of ether oxygens (including phenoxy) is 1. The van der Waals surface area contributed by atoms with Crippen molar-refractivity contribution in [3.63, 3.8) is 0 Å². The Labute approximate surface area is 184 Å². The Hall–Kier alpha value is -3.44. The Kier molecular flexibility index (Phi) is 6.56. The lowest BCUT2D eigenvalue weighted by atomic mass is 10.1. The molecule has 0 saturated carbocycles. The molecule has 2 aromatic heterocycles. The van der Waals surface area contributed by atoms with Crippen LogP contribution >= 0.6 is 11.3 Å². The number of amides is 1. The molecule has 8 heteroatoms. The van der Waals surface area contributed by atoms with Crippen LogP contribution in [0.2, 0.25) is 0 Å². The molecule has 1 aromatic carbocycles. The minimum atomic E-state index is -0.504. The number of thiophene rings is 1. The minimum absolute atomic E-state index is 0.118.